The second kappa shape index (κ2) is 3.52. The standard InChI is InChI=1S/C8H11NS/c1-3-9-6-8-4-5-10-7(8)2/h4-6H,3H2,1-2H3/b9-6+. The van der Waals surface area contributed by atoms with Crippen molar-refractivity contribution in [3.8, 4) is 0 Å². The van der Waals surface area contributed by atoms with Gasteiger partial charge < -0.3 is 0 Å². The Labute approximate surface area is 65.4 Å². The van der Waals surface area contributed by atoms with E-state index in [-0.39, 0.29) is 0 Å². The third-order valence-electron chi connectivity index (χ3n) is 1.31. The Kier molecular flexibility index (Phi) is 2.63. The summed E-state index contributed by atoms with van der Waals surface area (Å²) in [6.07, 6.45) is 1.94. The Morgan fingerprint density at radius 2 is 2.50 bits per heavy atom. The lowest BCUT2D eigenvalue weighted by Gasteiger charge is -1.86. The molecule has 1 aromatic heterocycles. The Balaban J connectivity index is 2.74. The summed E-state index contributed by atoms with van der Waals surface area (Å²) >= 11 is 1.76. The molecule has 0 aliphatic heterocycles. The van der Waals surface area contributed by atoms with Crippen LogP contribution in [-0.2, 0) is 0 Å². The highest BCUT2D eigenvalue weighted by Crippen LogP contribution is 2.12. The van der Waals surface area contributed by atoms with Gasteiger partial charge in [-0.1, -0.05) is 0 Å². The lowest BCUT2D eigenvalue weighted by Crippen LogP contribution is -1.79. The van der Waals surface area contributed by atoms with E-state index in [9.17, 15) is 0 Å². The number of thiophene rings is 1. The van der Waals surface area contributed by atoms with Crippen LogP contribution < -0.4 is 0 Å². The van der Waals surface area contributed by atoms with Crippen molar-refractivity contribution in [1.82, 2.24) is 0 Å². The molecule has 54 valence electrons. The van der Waals surface area contributed by atoms with Crippen molar-refractivity contribution < 1.29 is 0 Å². The van der Waals surface area contributed by atoms with Crippen molar-refractivity contribution >= 4 is 17.6 Å². The largest absolute Gasteiger partial charge is 0.293 e. The molecule has 0 saturated carbocycles. The molecule has 1 aromatic rings. The zero-order chi connectivity index (χ0) is 7.40. The first kappa shape index (κ1) is 7.48. The predicted molar refractivity (Wildman–Crippen MR) is 47.2 cm³/mol. The summed E-state index contributed by atoms with van der Waals surface area (Å²) in [6, 6.07) is 2.10. The minimum atomic E-state index is 0.870. The number of rotatable bonds is 2. The van der Waals surface area contributed by atoms with Gasteiger partial charge in [-0.3, -0.25) is 4.99 Å². The van der Waals surface area contributed by atoms with E-state index in [1.54, 1.807) is 11.3 Å². The predicted octanol–water partition coefficient (Wildman–Crippen LogP) is 2.50. The summed E-state index contributed by atoms with van der Waals surface area (Å²) in [7, 11) is 0. The number of hydrogen-bond donors (Lipinski definition) is 0. The van der Waals surface area contributed by atoms with Crippen LogP contribution in [0.1, 0.15) is 17.4 Å². The van der Waals surface area contributed by atoms with E-state index in [1.165, 1.54) is 10.4 Å². The molecular formula is C8H11NS. The first-order chi connectivity index (χ1) is 4.84. The molecule has 2 heteroatoms. The van der Waals surface area contributed by atoms with Gasteiger partial charge in [0.05, 0.1) is 0 Å². The molecule has 0 aromatic carbocycles. The average molecular weight is 153 g/mol. The van der Waals surface area contributed by atoms with Gasteiger partial charge in [0.25, 0.3) is 0 Å². The molecule has 1 heterocycles. The van der Waals surface area contributed by atoms with Crippen LogP contribution in [0.4, 0.5) is 0 Å². The van der Waals surface area contributed by atoms with Crippen molar-refractivity contribution in [2.45, 2.75) is 13.8 Å². The number of aliphatic imine (C=N–C) groups is 1. The van der Waals surface area contributed by atoms with Gasteiger partial charge in [-0.15, -0.1) is 11.3 Å². The summed E-state index contributed by atoms with van der Waals surface area (Å²) < 4.78 is 0. The highest BCUT2D eigenvalue weighted by molar-refractivity contribution is 7.10. The molecule has 0 aliphatic carbocycles. The van der Waals surface area contributed by atoms with Gasteiger partial charge in [-0.2, -0.15) is 0 Å². The maximum Gasteiger partial charge on any atom is 0.0361 e. The monoisotopic (exact) mass is 153 g/mol. The zero-order valence-corrected chi connectivity index (χ0v) is 7.11. The van der Waals surface area contributed by atoms with Crippen molar-refractivity contribution in [2.75, 3.05) is 6.54 Å². The van der Waals surface area contributed by atoms with Gasteiger partial charge in [0, 0.05) is 23.2 Å². The normalized spacial score (nSPS) is 11.0. The quantitative estimate of drug-likeness (QED) is 0.579. The molecule has 0 spiro atoms. The molecule has 0 bridgehead atoms. The van der Waals surface area contributed by atoms with E-state index in [1.807, 2.05) is 13.1 Å². The second-order valence-electron chi connectivity index (χ2n) is 2.06. The Hall–Kier alpha value is -0.630. The van der Waals surface area contributed by atoms with Crippen molar-refractivity contribution in [3.63, 3.8) is 0 Å². The van der Waals surface area contributed by atoms with Crippen LogP contribution in [0.2, 0.25) is 0 Å². The summed E-state index contributed by atoms with van der Waals surface area (Å²) in [6.45, 7) is 5.02. The fourth-order valence-electron chi connectivity index (χ4n) is 0.718. The molecule has 0 radical (unpaired) electrons. The highest BCUT2D eigenvalue weighted by Gasteiger charge is 1.92. The second-order valence-corrected chi connectivity index (χ2v) is 3.18. The third-order valence-corrected chi connectivity index (χ3v) is 2.17. The van der Waals surface area contributed by atoms with Crippen LogP contribution >= 0.6 is 11.3 Å². The van der Waals surface area contributed by atoms with Gasteiger partial charge >= 0.3 is 0 Å². The zero-order valence-electron chi connectivity index (χ0n) is 6.29. The van der Waals surface area contributed by atoms with Gasteiger partial charge in [-0.05, 0) is 25.3 Å². The maximum absolute atomic E-state index is 4.16. The molecule has 10 heavy (non-hydrogen) atoms. The third kappa shape index (κ3) is 1.67. The van der Waals surface area contributed by atoms with Gasteiger partial charge in [0.2, 0.25) is 0 Å². The van der Waals surface area contributed by atoms with Crippen LogP contribution in [0.5, 0.6) is 0 Å². The Bertz CT molecular complexity index is 225. The molecule has 1 nitrogen and oxygen atoms in total. The van der Waals surface area contributed by atoms with Gasteiger partial charge in [0.1, 0.15) is 0 Å². The van der Waals surface area contributed by atoms with Crippen molar-refractivity contribution in [3.05, 3.63) is 21.9 Å². The Morgan fingerprint density at radius 3 is 3.00 bits per heavy atom. The molecule has 0 N–H and O–H groups in total. The SMILES string of the molecule is CC/N=C/c1ccsc1C. The minimum Gasteiger partial charge on any atom is -0.293 e. The van der Waals surface area contributed by atoms with Gasteiger partial charge in [-0.25, -0.2) is 0 Å². The molecule has 0 amide bonds. The van der Waals surface area contributed by atoms with Crippen LogP contribution in [-0.4, -0.2) is 12.8 Å². The minimum absolute atomic E-state index is 0.870. The van der Waals surface area contributed by atoms with E-state index < -0.39 is 0 Å². The van der Waals surface area contributed by atoms with E-state index in [2.05, 4.69) is 23.4 Å². The van der Waals surface area contributed by atoms with E-state index in [0.29, 0.717) is 0 Å². The fraction of sp³-hybridized carbons (Fsp3) is 0.375. The van der Waals surface area contributed by atoms with E-state index >= 15 is 0 Å². The molecular weight excluding hydrogens is 142 g/mol. The first-order valence-electron chi connectivity index (χ1n) is 3.38. The highest BCUT2D eigenvalue weighted by atomic mass is 32.1. The van der Waals surface area contributed by atoms with Crippen LogP contribution in [0, 0.1) is 6.92 Å². The number of hydrogen-bond acceptors (Lipinski definition) is 2. The molecule has 0 atom stereocenters. The van der Waals surface area contributed by atoms with E-state index in [0.717, 1.165) is 6.54 Å². The smallest absolute Gasteiger partial charge is 0.0361 e. The molecule has 0 fully saturated rings. The summed E-state index contributed by atoms with van der Waals surface area (Å²) in [4.78, 5) is 5.50. The topological polar surface area (TPSA) is 12.4 Å². The summed E-state index contributed by atoms with van der Waals surface area (Å²) in [5.41, 5.74) is 1.26. The number of aryl methyl sites for hydroxylation is 1. The van der Waals surface area contributed by atoms with Crippen LogP contribution in [0.15, 0.2) is 16.4 Å². The van der Waals surface area contributed by atoms with Crippen LogP contribution in [0.25, 0.3) is 0 Å². The first-order valence-corrected chi connectivity index (χ1v) is 4.26. The number of nitrogens with zero attached hydrogens (tertiary/aromatic N) is 1. The van der Waals surface area contributed by atoms with Crippen molar-refractivity contribution in [1.29, 1.82) is 0 Å². The maximum atomic E-state index is 4.16. The summed E-state index contributed by atoms with van der Waals surface area (Å²) in [5, 5.41) is 2.09. The Morgan fingerprint density at radius 1 is 1.70 bits per heavy atom. The lowest BCUT2D eigenvalue weighted by molar-refractivity contribution is 1.14. The van der Waals surface area contributed by atoms with Crippen LogP contribution in [0.3, 0.4) is 0 Å². The summed E-state index contributed by atoms with van der Waals surface area (Å²) in [5.74, 6) is 0. The fourth-order valence-corrected chi connectivity index (χ4v) is 1.39. The molecule has 1 rings (SSSR count). The van der Waals surface area contributed by atoms with Crippen molar-refractivity contribution in [2.24, 2.45) is 4.99 Å². The molecule has 0 aliphatic rings. The molecule has 0 unspecified atom stereocenters. The van der Waals surface area contributed by atoms with E-state index in [4.69, 9.17) is 0 Å². The average Bonchev–Trinajstić information content (AvgIpc) is 2.31. The lowest BCUT2D eigenvalue weighted by atomic mass is 10.3. The van der Waals surface area contributed by atoms with Gasteiger partial charge in [0.15, 0.2) is 0 Å². The molecule has 0 saturated heterocycles.